The predicted octanol–water partition coefficient (Wildman–Crippen LogP) is 3.80. The zero-order valence-electron chi connectivity index (χ0n) is 9.17. The number of halogens is 2. The van der Waals surface area contributed by atoms with E-state index in [1.54, 1.807) is 18.2 Å². The van der Waals surface area contributed by atoms with Crippen LogP contribution >= 0.6 is 23.2 Å². The van der Waals surface area contributed by atoms with E-state index in [4.69, 9.17) is 23.2 Å². The normalized spacial score (nSPS) is 23.7. The largest absolute Gasteiger partial charge is 0.298 e. The molecule has 0 bridgehead atoms. The fourth-order valence-corrected chi connectivity index (χ4v) is 2.66. The molecular weight excluding hydrogens is 257 g/mol. The van der Waals surface area contributed by atoms with Gasteiger partial charge in [0.1, 0.15) is 5.41 Å². The Morgan fingerprint density at radius 2 is 2.18 bits per heavy atom. The molecule has 4 heteroatoms. The maximum atomic E-state index is 11.8. The first kappa shape index (κ1) is 12.4. The van der Waals surface area contributed by atoms with Gasteiger partial charge in [0.25, 0.3) is 0 Å². The van der Waals surface area contributed by atoms with Crippen LogP contribution in [-0.2, 0) is 11.2 Å². The van der Waals surface area contributed by atoms with Crippen molar-refractivity contribution in [2.24, 2.45) is 5.41 Å². The Kier molecular flexibility index (Phi) is 3.42. The molecule has 1 fully saturated rings. The summed E-state index contributed by atoms with van der Waals surface area (Å²) in [5.41, 5.74) is -0.120. The van der Waals surface area contributed by atoms with Gasteiger partial charge in [0.15, 0.2) is 5.78 Å². The van der Waals surface area contributed by atoms with Crippen LogP contribution in [0, 0.1) is 16.7 Å². The van der Waals surface area contributed by atoms with Crippen molar-refractivity contribution in [3.05, 3.63) is 33.8 Å². The van der Waals surface area contributed by atoms with Crippen LogP contribution in [0.15, 0.2) is 18.2 Å². The Morgan fingerprint density at radius 1 is 1.41 bits per heavy atom. The summed E-state index contributed by atoms with van der Waals surface area (Å²) in [5.74, 6) is 0.0241. The van der Waals surface area contributed by atoms with E-state index in [0.29, 0.717) is 29.3 Å². The summed E-state index contributed by atoms with van der Waals surface area (Å²) in [5, 5.41) is 10.4. The quantitative estimate of drug-likeness (QED) is 0.818. The van der Waals surface area contributed by atoms with E-state index in [9.17, 15) is 10.1 Å². The second-order valence-corrected chi connectivity index (χ2v) is 5.23. The van der Waals surface area contributed by atoms with Gasteiger partial charge in [-0.05, 0) is 43.0 Å². The maximum Gasteiger partial charge on any atom is 0.153 e. The molecule has 0 saturated heterocycles. The van der Waals surface area contributed by atoms with Crippen molar-refractivity contribution in [1.82, 2.24) is 0 Å². The molecule has 0 spiro atoms. The number of hydrogen-bond acceptors (Lipinski definition) is 2. The van der Waals surface area contributed by atoms with Crippen molar-refractivity contribution in [2.45, 2.75) is 25.7 Å². The lowest BCUT2D eigenvalue weighted by Gasteiger charge is -2.19. The average Bonchev–Trinajstić information content (AvgIpc) is 2.66. The highest BCUT2D eigenvalue weighted by Gasteiger charge is 2.42. The van der Waals surface area contributed by atoms with Crippen LogP contribution in [0.5, 0.6) is 0 Å². The van der Waals surface area contributed by atoms with E-state index in [-0.39, 0.29) is 5.78 Å². The molecule has 1 aliphatic carbocycles. The fourth-order valence-electron chi connectivity index (χ4n) is 2.28. The van der Waals surface area contributed by atoms with Crippen LogP contribution < -0.4 is 0 Å². The number of rotatable bonds is 2. The summed E-state index contributed by atoms with van der Waals surface area (Å²) in [4.78, 5) is 11.8. The smallest absolute Gasteiger partial charge is 0.153 e. The van der Waals surface area contributed by atoms with Gasteiger partial charge in [0.05, 0.1) is 6.07 Å². The molecule has 0 aromatic heterocycles. The van der Waals surface area contributed by atoms with Gasteiger partial charge in [-0.25, -0.2) is 0 Å². The number of carbonyl (C=O) groups is 1. The van der Waals surface area contributed by atoms with Crippen molar-refractivity contribution < 1.29 is 4.79 Å². The summed E-state index contributed by atoms with van der Waals surface area (Å²) in [7, 11) is 0. The SMILES string of the molecule is N#CC1(Cc2cc(Cl)ccc2Cl)CCCC1=O. The third-order valence-corrected chi connectivity index (χ3v) is 3.86. The van der Waals surface area contributed by atoms with Crippen LogP contribution in [0.25, 0.3) is 0 Å². The van der Waals surface area contributed by atoms with Crippen molar-refractivity contribution >= 4 is 29.0 Å². The van der Waals surface area contributed by atoms with Gasteiger partial charge in [-0.2, -0.15) is 5.26 Å². The van der Waals surface area contributed by atoms with E-state index in [2.05, 4.69) is 6.07 Å². The van der Waals surface area contributed by atoms with Gasteiger partial charge in [0.2, 0.25) is 0 Å². The Hall–Kier alpha value is -1.04. The first-order chi connectivity index (χ1) is 8.07. The first-order valence-corrected chi connectivity index (χ1v) is 6.21. The molecule has 0 radical (unpaired) electrons. The lowest BCUT2D eigenvalue weighted by molar-refractivity contribution is -0.123. The molecule has 0 aliphatic heterocycles. The molecule has 1 aromatic carbocycles. The van der Waals surface area contributed by atoms with Gasteiger partial charge in [-0.3, -0.25) is 4.79 Å². The van der Waals surface area contributed by atoms with E-state index in [1.807, 2.05) is 0 Å². The molecule has 88 valence electrons. The number of benzene rings is 1. The highest BCUT2D eigenvalue weighted by molar-refractivity contribution is 6.33. The summed E-state index contributed by atoms with van der Waals surface area (Å²) in [6, 6.07) is 7.30. The number of hydrogen-bond donors (Lipinski definition) is 0. The van der Waals surface area contributed by atoms with E-state index < -0.39 is 5.41 Å². The molecule has 0 N–H and O–H groups in total. The lowest BCUT2D eigenvalue weighted by Crippen LogP contribution is -2.26. The standard InChI is InChI=1S/C13H11Cl2NO/c14-10-3-4-11(15)9(6-10)7-13(8-16)5-1-2-12(13)17/h3-4,6H,1-2,5,7H2. The fraction of sp³-hybridized carbons (Fsp3) is 0.385. The molecule has 1 saturated carbocycles. The summed E-state index contributed by atoms with van der Waals surface area (Å²) < 4.78 is 0. The molecule has 1 aliphatic rings. The molecule has 0 heterocycles. The first-order valence-electron chi connectivity index (χ1n) is 5.46. The summed E-state index contributed by atoms with van der Waals surface area (Å²) in [6.07, 6.45) is 2.25. The molecule has 17 heavy (non-hydrogen) atoms. The van der Waals surface area contributed by atoms with Gasteiger partial charge >= 0.3 is 0 Å². The zero-order valence-corrected chi connectivity index (χ0v) is 10.7. The monoisotopic (exact) mass is 267 g/mol. The molecule has 2 rings (SSSR count). The molecule has 1 aromatic rings. The Labute approximate surface area is 110 Å². The second kappa shape index (κ2) is 4.68. The molecule has 2 nitrogen and oxygen atoms in total. The zero-order chi connectivity index (χ0) is 12.5. The Bertz CT molecular complexity index is 507. The number of carbonyl (C=O) groups excluding carboxylic acids is 1. The number of nitriles is 1. The van der Waals surface area contributed by atoms with Crippen LogP contribution in [0.1, 0.15) is 24.8 Å². The topological polar surface area (TPSA) is 40.9 Å². The van der Waals surface area contributed by atoms with E-state index in [0.717, 1.165) is 12.0 Å². The van der Waals surface area contributed by atoms with Crippen molar-refractivity contribution in [1.29, 1.82) is 5.26 Å². The van der Waals surface area contributed by atoms with Crippen molar-refractivity contribution in [3.63, 3.8) is 0 Å². The Morgan fingerprint density at radius 3 is 2.76 bits per heavy atom. The third kappa shape index (κ3) is 2.31. The highest BCUT2D eigenvalue weighted by atomic mass is 35.5. The minimum atomic E-state index is -0.895. The highest BCUT2D eigenvalue weighted by Crippen LogP contribution is 2.39. The average molecular weight is 268 g/mol. The third-order valence-electron chi connectivity index (χ3n) is 3.26. The maximum absolute atomic E-state index is 11.8. The minimum absolute atomic E-state index is 0.0241. The summed E-state index contributed by atoms with van der Waals surface area (Å²) >= 11 is 12.0. The molecule has 1 unspecified atom stereocenters. The number of nitrogens with zero attached hydrogens (tertiary/aromatic N) is 1. The van der Waals surface area contributed by atoms with Gasteiger partial charge < -0.3 is 0 Å². The minimum Gasteiger partial charge on any atom is -0.298 e. The van der Waals surface area contributed by atoms with Gasteiger partial charge in [-0.15, -0.1) is 0 Å². The van der Waals surface area contributed by atoms with Gasteiger partial charge in [-0.1, -0.05) is 23.2 Å². The van der Waals surface area contributed by atoms with Crippen LogP contribution in [0.4, 0.5) is 0 Å². The molecule has 0 amide bonds. The molecular formula is C13H11Cl2NO. The van der Waals surface area contributed by atoms with Crippen LogP contribution in [0.2, 0.25) is 10.0 Å². The van der Waals surface area contributed by atoms with Crippen molar-refractivity contribution in [3.8, 4) is 6.07 Å². The summed E-state index contributed by atoms with van der Waals surface area (Å²) in [6.45, 7) is 0. The van der Waals surface area contributed by atoms with Crippen LogP contribution in [0.3, 0.4) is 0 Å². The second-order valence-electron chi connectivity index (χ2n) is 4.38. The predicted molar refractivity (Wildman–Crippen MR) is 67.1 cm³/mol. The lowest BCUT2D eigenvalue weighted by atomic mass is 9.81. The Balaban J connectivity index is 2.34. The number of Topliss-reactive ketones (excluding diaryl/α,β-unsaturated/α-hetero) is 1. The van der Waals surface area contributed by atoms with Crippen molar-refractivity contribution in [2.75, 3.05) is 0 Å². The van der Waals surface area contributed by atoms with Gasteiger partial charge in [0, 0.05) is 16.5 Å². The van der Waals surface area contributed by atoms with Crippen LogP contribution in [-0.4, -0.2) is 5.78 Å². The number of ketones is 1. The molecule has 1 atom stereocenters. The van der Waals surface area contributed by atoms with E-state index in [1.165, 1.54) is 0 Å². The van der Waals surface area contributed by atoms with E-state index >= 15 is 0 Å².